The summed E-state index contributed by atoms with van der Waals surface area (Å²) >= 11 is 0. The van der Waals surface area contributed by atoms with Crippen LogP contribution in [-0.4, -0.2) is 41.4 Å². The Labute approximate surface area is 187 Å². The molecule has 0 aromatic carbocycles. The monoisotopic (exact) mass is 459 g/mol. The van der Waals surface area contributed by atoms with Crippen LogP contribution in [0.25, 0.3) is 33.3 Å². The third kappa shape index (κ3) is 3.92. The Hall–Kier alpha value is -3.14. The summed E-state index contributed by atoms with van der Waals surface area (Å²) in [6.07, 6.45) is 6.90. The summed E-state index contributed by atoms with van der Waals surface area (Å²) in [5, 5.41) is 17.5. The smallest absolute Gasteiger partial charge is 0.333 e. The van der Waals surface area contributed by atoms with Gasteiger partial charge in [0.05, 0.1) is 35.6 Å². The molecule has 1 saturated carbocycles. The molecular weight excluding hydrogens is 435 g/mol. The normalized spacial score (nSPS) is 21.4. The standard InChI is InChI=1S/C23H24F3N5O2/c1-13-20(14(2)33-29-13)15-7-19-21(27-8-15)18(16-9-28-31(10-16)22(24)25)11-30(19)12-23(26)5-3-17(32)4-6-23/h7-11,17,22,32H,3-6,12H2,1-2H3. The van der Waals surface area contributed by atoms with Crippen molar-refractivity contribution in [1.82, 2.24) is 24.5 Å². The van der Waals surface area contributed by atoms with Gasteiger partial charge in [-0.05, 0) is 45.6 Å². The third-order valence-corrected chi connectivity index (χ3v) is 6.46. The Morgan fingerprint density at radius 2 is 1.94 bits per heavy atom. The molecule has 0 atom stereocenters. The number of aromatic nitrogens is 5. The van der Waals surface area contributed by atoms with Crippen molar-refractivity contribution in [3.63, 3.8) is 0 Å². The van der Waals surface area contributed by atoms with Gasteiger partial charge in [-0.2, -0.15) is 13.9 Å². The molecule has 4 aromatic heterocycles. The Balaban J connectivity index is 1.63. The molecule has 1 aliphatic rings. The van der Waals surface area contributed by atoms with Crippen LogP contribution in [0.5, 0.6) is 0 Å². The SMILES string of the molecule is Cc1noc(C)c1-c1cnc2c(-c3cnn(C(F)F)c3)cn(CC3(F)CCC(O)CC3)c2c1. The predicted octanol–water partition coefficient (Wildman–Crippen LogP) is 5.21. The molecule has 4 aromatic rings. The first-order valence-corrected chi connectivity index (χ1v) is 10.9. The zero-order valence-corrected chi connectivity index (χ0v) is 18.3. The van der Waals surface area contributed by atoms with Gasteiger partial charge in [0.25, 0.3) is 0 Å². The number of aryl methyl sites for hydroxylation is 2. The largest absolute Gasteiger partial charge is 0.393 e. The first kappa shape index (κ1) is 21.7. The number of alkyl halides is 3. The van der Waals surface area contributed by atoms with Gasteiger partial charge >= 0.3 is 6.55 Å². The topological polar surface area (TPSA) is 81.9 Å². The fourth-order valence-electron chi connectivity index (χ4n) is 4.71. The van der Waals surface area contributed by atoms with E-state index in [0.29, 0.717) is 51.1 Å². The van der Waals surface area contributed by atoms with Gasteiger partial charge in [-0.1, -0.05) is 5.16 Å². The molecule has 5 rings (SSSR count). The molecule has 0 amide bonds. The van der Waals surface area contributed by atoms with Gasteiger partial charge in [0.1, 0.15) is 11.4 Å². The van der Waals surface area contributed by atoms with E-state index in [1.165, 1.54) is 12.4 Å². The van der Waals surface area contributed by atoms with Crippen LogP contribution in [0.1, 0.15) is 43.7 Å². The van der Waals surface area contributed by atoms with Crippen LogP contribution in [-0.2, 0) is 6.54 Å². The number of aliphatic hydroxyl groups excluding tert-OH is 1. The Bertz CT molecular complexity index is 1280. The number of nitrogens with zero attached hydrogens (tertiary/aromatic N) is 5. The first-order valence-electron chi connectivity index (χ1n) is 10.9. The van der Waals surface area contributed by atoms with Crippen molar-refractivity contribution in [2.24, 2.45) is 0 Å². The van der Waals surface area contributed by atoms with Gasteiger partial charge in [-0.15, -0.1) is 0 Å². The summed E-state index contributed by atoms with van der Waals surface area (Å²) in [6.45, 7) is 0.968. The average Bonchev–Trinajstić information content (AvgIpc) is 3.48. The van der Waals surface area contributed by atoms with E-state index >= 15 is 4.39 Å². The van der Waals surface area contributed by atoms with Crippen molar-refractivity contribution in [3.05, 3.63) is 42.3 Å². The predicted molar refractivity (Wildman–Crippen MR) is 115 cm³/mol. The summed E-state index contributed by atoms with van der Waals surface area (Å²) in [7, 11) is 0. The van der Waals surface area contributed by atoms with Crippen LogP contribution >= 0.6 is 0 Å². The molecular formula is C23H24F3N5O2. The number of halogens is 3. The van der Waals surface area contributed by atoms with Crippen molar-refractivity contribution in [2.45, 2.75) is 64.4 Å². The van der Waals surface area contributed by atoms with E-state index in [9.17, 15) is 13.9 Å². The minimum absolute atomic E-state index is 0.0753. The third-order valence-electron chi connectivity index (χ3n) is 6.46. The van der Waals surface area contributed by atoms with Gasteiger partial charge in [-0.25, -0.2) is 9.07 Å². The number of hydrogen-bond donors (Lipinski definition) is 1. The second kappa shape index (κ2) is 8.02. The van der Waals surface area contributed by atoms with E-state index in [-0.39, 0.29) is 19.4 Å². The maximum absolute atomic E-state index is 15.7. The molecule has 174 valence electrons. The summed E-state index contributed by atoms with van der Waals surface area (Å²) in [6, 6.07) is 1.90. The fourth-order valence-corrected chi connectivity index (χ4v) is 4.71. The lowest BCUT2D eigenvalue weighted by molar-refractivity contribution is 0.0232. The molecule has 10 heteroatoms. The second-order valence-corrected chi connectivity index (χ2v) is 8.83. The van der Waals surface area contributed by atoms with Gasteiger partial charge in [0, 0.05) is 40.8 Å². The number of hydrogen-bond acceptors (Lipinski definition) is 5. The van der Waals surface area contributed by atoms with E-state index in [2.05, 4.69) is 15.2 Å². The number of pyridine rings is 1. The zero-order valence-electron chi connectivity index (χ0n) is 18.3. The van der Waals surface area contributed by atoms with E-state index in [1.54, 1.807) is 17.0 Å². The van der Waals surface area contributed by atoms with Gasteiger partial charge in [-0.3, -0.25) is 4.98 Å². The first-order chi connectivity index (χ1) is 15.7. The van der Waals surface area contributed by atoms with E-state index in [0.717, 1.165) is 11.1 Å². The van der Waals surface area contributed by atoms with E-state index in [4.69, 9.17) is 4.52 Å². The molecule has 1 aliphatic carbocycles. The van der Waals surface area contributed by atoms with Crippen molar-refractivity contribution in [2.75, 3.05) is 0 Å². The molecule has 4 heterocycles. The molecule has 1 fully saturated rings. The number of rotatable bonds is 5. The van der Waals surface area contributed by atoms with Gasteiger partial charge < -0.3 is 14.2 Å². The van der Waals surface area contributed by atoms with Crippen molar-refractivity contribution in [1.29, 1.82) is 0 Å². The summed E-state index contributed by atoms with van der Waals surface area (Å²) in [5.41, 5.74) is 3.15. The molecule has 7 nitrogen and oxygen atoms in total. The summed E-state index contributed by atoms with van der Waals surface area (Å²) in [5.74, 6) is 0.647. The summed E-state index contributed by atoms with van der Waals surface area (Å²) in [4.78, 5) is 4.62. The molecule has 33 heavy (non-hydrogen) atoms. The minimum Gasteiger partial charge on any atom is -0.393 e. The highest BCUT2D eigenvalue weighted by Gasteiger charge is 2.36. The van der Waals surface area contributed by atoms with Crippen LogP contribution in [0.2, 0.25) is 0 Å². The van der Waals surface area contributed by atoms with Crippen LogP contribution in [0.3, 0.4) is 0 Å². The van der Waals surface area contributed by atoms with Gasteiger partial charge in [0.2, 0.25) is 0 Å². The van der Waals surface area contributed by atoms with Crippen LogP contribution in [0.15, 0.2) is 35.4 Å². The Morgan fingerprint density at radius 1 is 1.18 bits per heavy atom. The molecule has 0 unspecified atom stereocenters. The quantitative estimate of drug-likeness (QED) is 0.443. The van der Waals surface area contributed by atoms with E-state index in [1.807, 2.05) is 19.9 Å². The number of aliphatic hydroxyl groups is 1. The highest BCUT2D eigenvalue weighted by Crippen LogP contribution is 2.38. The lowest BCUT2D eigenvalue weighted by Crippen LogP contribution is -2.35. The summed E-state index contributed by atoms with van der Waals surface area (Å²) < 4.78 is 49.5. The Morgan fingerprint density at radius 3 is 2.58 bits per heavy atom. The van der Waals surface area contributed by atoms with Crippen molar-refractivity contribution in [3.8, 4) is 22.3 Å². The highest BCUT2D eigenvalue weighted by molar-refractivity contribution is 5.94. The molecule has 0 bridgehead atoms. The average molecular weight is 459 g/mol. The lowest BCUT2D eigenvalue weighted by Gasteiger charge is -2.32. The van der Waals surface area contributed by atoms with E-state index < -0.39 is 18.3 Å². The maximum atomic E-state index is 15.7. The van der Waals surface area contributed by atoms with Crippen molar-refractivity contribution < 1.29 is 22.8 Å². The zero-order chi connectivity index (χ0) is 23.3. The van der Waals surface area contributed by atoms with Crippen molar-refractivity contribution >= 4 is 11.0 Å². The van der Waals surface area contributed by atoms with Crippen LogP contribution in [0, 0.1) is 13.8 Å². The Kier molecular flexibility index (Phi) is 5.27. The van der Waals surface area contributed by atoms with Crippen LogP contribution < -0.4 is 0 Å². The van der Waals surface area contributed by atoms with Crippen LogP contribution in [0.4, 0.5) is 13.2 Å². The van der Waals surface area contributed by atoms with Gasteiger partial charge in [0.15, 0.2) is 0 Å². The molecule has 0 aliphatic heterocycles. The molecule has 0 saturated heterocycles. The second-order valence-electron chi connectivity index (χ2n) is 8.83. The minimum atomic E-state index is -2.76. The maximum Gasteiger partial charge on any atom is 0.333 e. The fraction of sp³-hybridized carbons (Fsp3) is 0.435. The molecule has 0 radical (unpaired) electrons. The number of fused-ring (bicyclic) bond motifs is 1. The lowest BCUT2D eigenvalue weighted by atomic mass is 9.84. The molecule has 0 spiro atoms. The molecule has 1 N–H and O–H groups in total. The highest BCUT2D eigenvalue weighted by atomic mass is 19.3.